The fraction of sp³-hybridized carbons (Fsp3) is 0.333. The third kappa shape index (κ3) is 3.86. The Balaban J connectivity index is 1.77. The third-order valence-electron chi connectivity index (χ3n) is 4.01. The molecule has 5 nitrogen and oxygen atoms in total. The molecule has 0 aliphatic carbocycles. The molecule has 1 aromatic carbocycles. The zero-order chi connectivity index (χ0) is 16.9. The van der Waals surface area contributed by atoms with Gasteiger partial charge >= 0.3 is 0 Å². The first kappa shape index (κ1) is 16.7. The molecule has 1 aliphatic heterocycles. The quantitative estimate of drug-likeness (QED) is 0.854. The molecular formula is C18H20ClN3O2. The maximum absolute atomic E-state index is 12.9. The van der Waals surface area contributed by atoms with E-state index in [-0.39, 0.29) is 5.91 Å². The van der Waals surface area contributed by atoms with Crippen LogP contribution in [-0.4, -0.2) is 49.1 Å². The molecule has 0 bridgehead atoms. The molecule has 0 atom stereocenters. The normalized spacial score (nSPS) is 14.5. The van der Waals surface area contributed by atoms with Crippen molar-refractivity contribution in [2.24, 2.45) is 0 Å². The van der Waals surface area contributed by atoms with Crippen LogP contribution in [0.1, 0.15) is 15.9 Å². The number of carbonyl (C=O) groups is 1. The molecule has 0 unspecified atom stereocenters. The standard InChI is InChI=1S/C18H20ClN3O2/c1-21(13-14-4-6-15(19)7-5-14)18(23)16-3-2-8-20-17(16)22-9-11-24-12-10-22/h2-8H,9-13H2,1H3. The van der Waals surface area contributed by atoms with E-state index in [4.69, 9.17) is 16.3 Å². The Bertz CT molecular complexity index is 700. The van der Waals surface area contributed by atoms with Gasteiger partial charge in [-0.3, -0.25) is 4.79 Å². The van der Waals surface area contributed by atoms with Crippen molar-refractivity contribution in [1.29, 1.82) is 0 Å². The van der Waals surface area contributed by atoms with Crippen molar-refractivity contribution in [3.8, 4) is 0 Å². The Kier molecular flexibility index (Phi) is 5.33. The topological polar surface area (TPSA) is 45.7 Å². The molecule has 2 heterocycles. The molecule has 6 heteroatoms. The number of aromatic nitrogens is 1. The maximum atomic E-state index is 12.9. The lowest BCUT2D eigenvalue weighted by Crippen LogP contribution is -2.38. The number of rotatable bonds is 4. The highest BCUT2D eigenvalue weighted by Gasteiger charge is 2.22. The minimum absolute atomic E-state index is 0.0421. The minimum atomic E-state index is -0.0421. The number of hydrogen-bond acceptors (Lipinski definition) is 4. The summed E-state index contributed by atoms with van der Waals surface area (Å²) in [5.41, 5.74) is 1.66. The van der Waals surface area contributed by atoms with E-state index in [1.54, 1.807) is 24.2 Å². The van der Waals surface area contributed by atoms with Crippen molar-refractivity contribution < 1.29 is 9.53 Å². The average molecular weight is 346 g/mol. The summed E-state index contributed by atoms with van der Waals surface area (Å²) in [7, 11) is 1.80. The van der Waals surface area contributed by atoms with E-state index in [2.05, 4.69) is 9.88 Å². The monoisotopic (exact) mass is 345 g/mol. The molecule has 1 saturated heterocycles. The minimum Gasteiger partial charge on any atom is -0.378 e. The fourth-order valence-corrected chi connectivity index (χ4v) is 2.86. The largest absolute Gasteiger partial charge is 0.378 e. The van der Waals surface area contributed by atoms with Gasteiger partial charge in [-0.2, -0.15) is 0 Å². The smallest absolute Gasteiger partial charge is 0.257 e. The van der Waals surface area contributed by atoms with Gasteiger partial charge in [0.05, 0.1) is 18.8 Å². The number of anilines is 1. The lowest BCUT2D eigenvalue weighted by molar-refractivity contribution is 0.0784. The van der Waals surface area contributed by atoms with E-state index in [9.17, 15) is 4.79 Å². The first-order valence-corrected chi connectivity index (χ1v) is 8.30. The van der Waals surface area contributed by atoms with Crippen LogP contribution < -0.4 is 4.90 Å². The van der Waals surface area contributed by atoms with Crippen molar-refractivity contribution >= 4 is 23.3 Å². The van der Waals surface area contributed by atoms with Crippen LogP contribution in [0.2, 0.25) is 5.02 Å². The molecular weight excluding hydrogens is 326 g/mol. The molecule has 0 saturated carbocycles. The summed E-state index contributed by atoms with van der Waals surface area (Å²) < 4.78 is 5.38. The number of nitrogens with zero attached hydrogens (tertiary/aromatic N) is 3. The number of morpholine rings is 1. The summed E-state index contributed by atoms with van der Waals surface area (Å²) in [4.78, 5) is 21.1. The Morgan fingerprint density at radius 2 is 1.96 bits per heavy atom. The Hall–Kier alpha value is -2.11. The second-order valence-electron chi connectivity index (χ2n) is 5.76. The van der Waals surface area contributed by atoms with Gasteiger partial charge in [-0.05, 0) is 29.8 Å². The predicted molar refractivity (Wildman–Crippen MR) is 94.5 cm³/mol. The van der Waals surface area contributed by atoms with Crippen LogP contribution in [0.15, 0.2) is 42.6 Å². The van der Waals surface area contributed by atoms with Gasteiger partial charge in [0.15, 0.2) is 0 Å². The lowest BCUT2D eigenvalue weighted by Gasteiger charge is -2.30. The Morgan fingerprint density at radius 3 is 2.67 bits per heavy atom. The van der Waals surface area contributed by atoms with E-state index < -0.39 is 0 Å². The number of amides is 1. The van der Waals surface area contributed by atoms with Gasteiger partial charge in [0, 0.05) is 37.9 Å². The fourth-order valence-electron chi connectivity index (χ4n) is 2.73. The Labute approximate surface area is 146 Å². The zero-order valence-corrected chi connectivity index (χ0v) is 14.4. The zero-order valence-electron chi connectivity index (χ0n) is 13.6. The highest BCUT2D eigenvalue weighted by molar-refractivity contribution is 6.30. The molecule has 0 N–H and O–H groups in total. The van der Waals surface area contributed by atoms with Gasteiger partial charge in [0.2, 0.25) is 0 Å². The summed E-state index contributed by atoms with van der Waals surface area (Å²) in [6.07, 6.45) is 1.72. The molecule has 24 heavy (non-hydrogen) atoms. The van der Waals surface area contributed by atoms with Crippen LogP contribution >= 0.6 is 11.6 Å². The van der Waals surface area contributed by atoms with E-state index in [1.807, 2.05) is 30.3 Å². The van der Waals surface area contributed by atoms with E-state index >= 15 is 0 Å². The molecule has 0 radical (unpaired) electrons. The SMILES string of the molecule is CN(Cc1ccc(Cl)cc1)C(=O)c1cccnc1N1CCOCC1. The Morgan fingerprint density at radius 1 is 1.25 bits per heavy atom. The molecule has 0 spiro atoms. The van der Waals surface area contributed by atoms with Crippen molar-refractivity contribution in [2.45, 2.75) is 6.54 Å². The summed E-state index contributed by atoms with van der Waals surface area (Å²) in [5, 5.41) is 0.689. The first-order chi connectivity index (χ1) is 11.6. The van der Waals surface area contributed by atoms with Crippen LogP contribution in [0, 0.1) is 0 Å². The number of hydrogen-bond donors (Lipinski definition) is 0. The van der Waals surface area contributed by atoms with Crippen molar-refractivity contribution in [2.75, 3.05) is 38.3 Å². The number of benzene rings is 1. The molecule has 126 valence electrons. The molecule has 2 aromatic rings. The van der Waals surface area contributed by atoms with Gasteiger partial charge < -0.3 is 14.5 Å². The van der Waals surface area contributed by atoms with Crippen molar-refractivity contribution in [3.05, 3.63) is 58.7 Å². The summed E-state index contributed by atoms with van der Waals surface area (Å²) >= 11 is 5.91. The molecule has 1 fully saturated rings. The van der Waals surface area contributed by atoms with Gasteiger partial charge in [-0.25, -0.2) is 4.98 Å². The average Bonchev–Trinajstić information content (AvgIpc) is 2.63. The van der Waals surface area contributed by atoms with Crippen LogP contribution in [0.4, 0.5) is 5.82 Å². The van der Waals surface area contributed by atoms with Crippen LogP contribution in [0.25, 0.3) is 0 Å². The van der Waals surface area contributed by atoms with E-state index in [0.29, 0.717) is 30.3 Å². The molecule has 3 rings (SSSR count). The molecule has 1 aliphatic rings. The van der Waals surface area contributed by atoms with E-state index in [0.717, 1.165) is 24.5 Å². The highest BCUT2D eigenvalue weighted by Crippen LogP contribution is 2.21. The number of halogens is 1. The summed E-state index contributed by atoms with van der Waals surface area (Å²) in [6, 6.07) is 11.2. The summed E-state index contributed by atoms with van der Waals surface area (Å²) in [6.45, 7) is 3.33. The highest BCUT2D eigenvalue weighted by atomic mass is 35.5. The second-order valence-corrected chi connectivity index (χ2v) is 6.20. The van der Waals surface area contributed by atoms with Crippen LogP contribution in [-0.2, 0) is 11.3 Å². The number of ether oxygens (including phenoxy) is 1. The van der Waals surface area contributed by atoms with Gasteiger partial charge in [0.25, 0.3) is 5.91 Å². The number of pyridine rings is 1. The first-order valence-electron chi connectivity index (χ1n) is 7.93. The van der Waals surface area contributed by atoms with Crippen LogP contribution in [0.5, 0.6) is 0 Å². The van der Waals surface area contributed by atoms with Gasteiger partial charge in [0.1, 0.15) is 5.82 Å². The number of carbonyl (C=O) groups excluding carboxylic acids is 1. The van der Waals surface area contributed by atoms with Crippen molar-refractivity contribution in [1.82, 2.24) is 9.88 Å². The maximum Gasteiger partial charge on any atom is 0.257 e. The molecule has 1 amide bonds. The van der Waals surface area contributed by atoms with E-state index in [1.165, 1.54) is 0 Å². The summed E-state index contributed by atoms with van der Waals surface area (Å²) in [5.74, 6) is 0.688. The molecule has 1 aromatic heterocycles. The lowest BCUT2D eigenvalue weighted by atomic mass is 10.1. The van der Waals surface area contributed by atoms with Gasteiger partial charge in [-0.15, -0.1) is 0 Å². The third-order valence-corrected chi connectivity index (χ3v) is 4.26. The van der Waals surface area contributed by atoms with Crippen molar-refractivity contribution in [3.63, 3.8) is 0 Å². The second kappa shape index (κ2) is 7.64. The van der Waals surface area contributed by atoms with Gasteiger partial charge in [-0.1, -0.05) is 23.7 Å². The van der Waals surface area contributed by atoms with Crippen LogP contribution in [0.3, 0.4) is 0 Å². The predicted octanol–water partition coefficient (Wildman–Crippen LogP) is 2.84.